The maximum Gasteiger partial charge on any atom is 0.305 e. The zero-order chi connectivity index (χ0) is 49.6. The number of aliphatic hydroxyl groups is 5. The van der Waals surface area contributed by atoms with Crippen LogP contribution >= 0.6 is 0 Å². The first-order valence-electron chi connectivity index (χ1n) is 27.9. The lowest BCUT2D eigenvalue weighted by molar-refractivity contribution is -0.302. The number of esters is 1. The summed E-state index contributed by atoms with van der Waals surface area (Å²) in [7, 11) is 0. The van der Waals surface area contributed by atoms with Crippen LogP contribution in [0.15, 0.2) is 48.6 Å². The first-order valence-corrected chi connectivity index (χ1v) is 27.9. The molecule has 396 valence electrons. The summed E-state index contributed by atoms with van der Waals surface area (Å²) in [5.41, 5.74) is 0. The maximum atomic E-state index is 13.0. The van der Waals surface area contributed by atoms with Crippen molar-refractivity contribution in [2.24, 2.45) is 0 Å². The Labute approximate surface area is 415 Å². The molecule has 0 radical (unpaired) electrons. The summed E-state index contributed by atoms with van der Waals surface area (Å²) in [6.45, 7) is 4.23. The fourth-order valence-corrected chi connectivity index (χ4v) is 8.39. The fourth-order valence-electron chi connectivity index (χ4n) is 8.39. The monoisotopic (exact) mass is 962 g/mol. The van der Waals surface area contributed by atoms with Crippen molar-refractivity contribution in [2.45, 2.75) is 281 Å². The number of rotatable bonds is 47. The molecule has 1 fully saturated rings. The molecule has 0 aromatic rings. The Kier molecular flexibility index (Phi) is 44.0. The van der Waals surface area contributed by atoms with E-state index in [9.17, 15) is 35.1 Å². The van der Waals surface area contributed by atoms with Crippen LogP contribution in [0.3, 0.4) is 0 Å². The van der Waals surface area contributed by atoms with Crippen molar-refractivity contribution in [1.82, 2.24) is 5.32 Å². The summed E-state index contributed by atoms with van der Waals surface area (Å²) < 4.78 is 16.6. The third kappa shape index (κ3) is 36.5. The molecule has 0 aromatic carbocycles. The van der Waals surface area contributed by atoms with Crippen molar-refractivity contribution >= 4 is 11.9 Å². The topological polar surface area (TPSA) is 175 Å². The van der Waals surface area contributed by atoms with Gasteiger partial charge in [-0.15, -0.1) is 0 Å². The van der Waals surface area contributed by atoms with Gasteiger partial charge in [0.2, 0.25) is 5.91 Å². The number of unbranched alkanes of at least 4 members (excludes halogenated alkanes) is 27. The van der Waals surface area contributed by atoms with E-state index in [2.05, 4.69) is 55.6 Å². The molecule has 1 rings (SSSR count). The predicted octanol–water partition coefficient (Wildman–Crippen LogP) is 12.1. The lowest BCUT2D eigenvalue weighted by Crippen LogP contribution is -2.60. The van der Waals surface area contributed by atoms with Crippen LogP contribution in [0.25, 0.3) is 0 Å². The van der Waals surface area contributed by atoms with Crippen molar-refractivity contribution in [3.05, 3.63) is 48.6 Å². The van der Waals surface area contributed by atoms with Crippen LogP contribution < -0.4 is 5.32 Å². The number of hydrogen-bond donors (Lipinski definition) is 6. The molecular weight excluding hydrogens is 859 g/mol. The van der Waals surface area contributed by atoms with E-state index in [1.54, 1.807) is 6.08 Å². The molecule has 0 bridgehead atoms. The molecule has 0 spiro atoms. The molecule has 0 saturated carbocycles. The zero-order valence-electron chi connectivity index (χ0n) is 43.3. The third-order valence-corrected chi connectivity index (χ3v) is 12.9. The van der Waals surface area contributed by atoms with E-state index < -0.39 is 49.5 Å². The minimum atomic E-state index is -1.58. The number of amides is 1. The molecule has 11 heteroatoms. The largest absolute Gasteiger partial charge is 0.466 e. The highest BCUT2D eigenvalue weighted by atomic mass is 16.7. The van der Waals surface area contributed by atoms with Crippen LogP contribution in [0.1, 0.15) is 239 Å². The Bertz CT molecular complexity index is 1270. The number of allylic oxidation sites excluding steroid dienone is 7. The maximum absolute atomic E-state index is 13.0. The molecule has 1 aliphatic heterocycles. The summed E-state index contributed by atoms with van der Waals surface area (Å²) >= 11 is 0. The van der Waals surface area contributed by atoms with Crippen molar-refractivity contribution in [3.8, 4) is 0 Å². The lowest BCUT2D eigenvalue weighted by atomic mass is 9.99. The lowest BCUT2D eigenvalue weighted by Gasteiger charge is -2.40. The van der Waals surface area contributed by atoms with E-state index in [1.807, 2.05) is 6.08 Å². The molecule has 7 atom stereocenters. The van der Waals surface area contributed by atoms with Crippen molar-refractivity contribution in [2.75, 3.05) is 19.8 Å². The zero-order valence-corrected chi connectivity index (χ0v) is 43.3. The van der Waals surface area contributed by atoms with Gasteiger partial charge in [0.1, 0.15) is 24.4 Å². The van der Waals surface area contributed by atoms with E-state index in [1.165, 1.54) is 116 Å². The molecule has 1 heterocycles. The Morgan fingerprint density at radius 2 is 0.971 bits per heavy atom. The molecular formula is C57H103NO10. The standard InChI is InChI=1S/C57H103NO10/c1-3-5-7-9-11-13-15-24-27-31-35-39-43-50(60)49(48-67-57-56(65)55(64)54(63)51(47-59)68-57)58-52(61)44-40-36-32-28-25-21-19-17-16-18-20-22-26-30-34-38-42-46-66-53(62)45-41-37-33-29-23-14-12-10-8-6-4-2/h9,11,16,18,24,27,39,43,49-51,54-57,59-60,63-65H,3-8,10,12-15,17,19-23,25-26,28-38,40-42,44-48H2,1-2H3,(H,58,61)/b11-9+,18-16-,27-24+,43-39+. The first kappa shape index (κ1) is 63.6. The molecule has 0 aromatic heterocycles. The van der Waals surface area contributed by atoms with Gasteiger partial charge >= 0.3 is 5.97 Å². The van der Waals surface area contributed by atoms with Gasteiger partial charge in [-0.1, -0.05) is 197 Å². The van der Waals surface area contributed by atoms with Crippen LogP contribution in [0.2, 0.25) is 0 Å². The number of ether oxygens (including phenoxy) is 3. The van der Waals surface area contributed by atoms with E-state index in [0.717, 1.165) is 96.3 Å². The minimum absolute atomic E-state index is 0.0209. The van der Waals surface area contributed by atoms with Crippen LogP contribution in [0.5, 0.6) is 0 Å². The number of carbonyl (C=O) groups is 2. The molecule has 1 saturated heterocycles. The van der Waals surface area contributed by atoms with Crippen molar-refractivity contribution in [1.29, 1.82) is 0 Å². The van der Waals surface area contributed by atoms with E-state index in [0.29, 0.717) is 19.4 Å². The third-order valence-electron chi connectivity index (χ3n) is 12.9. The molecule has 1 amide bonds. The van der Waals surface area contributed by atoms with Gasteiger partial charge in [0.25, 0.3) is 0 Å². The summed E-state index contributed by atoms with van der Waals surface area (Å²) in [5.74, 6) is -0.231. The van der Waals surface area contributed by atoms with Gasteiger partial charge in [-0.25, -0.2) is 0 Å². The highest BCUT2D eigenvalue weighted by Crippen LogP contribution is 2.23. The van der Waals surface area contributed by atoms with E-state index in [-0.39, 0.29) is 18.5 Å². The number of aliphatic hydroxyl groups excluding tert-OH is 5. The Balaban J connectivity index is 2.15. The minimum Gasteiger partial charge on any atom is -0.466 e. The van der Waals surface area contributed by atoms with Gasteiger partial charge in [-0.05, 0) is 77.0 Å². The number of nitrogens with one attached hydrogen (secondary N) is 1. The second kappa shape index (κ2) is 47.0. The Morgan fingerprint density at radius 1 is 0.529 bits per heavy atom. The van der Waals surface area contributed by atoms with E-state index in [4.69, 9.17) is 14.2 Å². The van der Waals surface area contributed by atoms with Gasteiger partial charge in [0, 0.05) is 12.8 Å². The SMILES string of the molecule is CCCC/C=C/CC/C=C/CC/C=C/C(O)C(COC1OC(CO)C(O)C(O)C1O)NC(=O)CCCCCCCCC/C=C\CCCCCCCCOC(=O)CCCCCCCCCCCCC. The predicted molar refractivity (Wildman–Crippen MR) is 278 cm³/mol. The van der Waals surface area contributed by atoms with Crippen molar-refractivity contribution in [3.63, 3.8) is 0 Å². The quantitative estimate of drug-likeness (QED) is 0.0196. The molecule has 0 aliphatic carbocycles. The van der Waals surface area contributed by atoms with Crippen LogP contribution in [-0.4, -0.2) is 100 Å². The highest BCUT2D eigenvalue weighted by molar-refractivity contribution is 5.76. The average molecular weight is 962 g/mol. The Hall–Kier alpha value is -2.38. The van der Waals surface area contributed by atoms with Crippen LogP contribution in [-0.2, 0) is 23.8 Å². The second-order valence-corrected chi connectivity index (χ2v) is 19.3. The summed E-state index contributed by atoms with van der Waals surface area (Å²) in [6, 6.07) is -0.843. The van der Waals surface area contributed by atoms with Crippen molar-refractivity contribution < 1.29 is 49.3 Å². The molecule has 11 nitrogen and oxygen atoms in total. The van der Waals surface area contributed by atoms with Crippen LogP contribution in [0.4, 0.5) is 0 Å². The van der Waals surface area contributed by atoms with Gasteiger partial charge in [0.15, 0.2) is 6.29 Å². The molecule has 68 heavy (non-hydrogen) atoms. The van der Waals surface area contributed by atoms with Gasteiger partial charge in [-0.3, -0.25) is 9.59 Å². The fraction of sp³-hybridized carbons (Fsp3) is 0.825. The van der Waals surface area contributed by atoms with Gasteiger partial charge in [-0.2, -0.15) is 0 Å². The normalized spacial score (nSPS) is 19.8. The molecule has 1 aliphatic rings. The summed E-state index contributed by atoms with van der Waals surface area (Å²) in [4.78, 5) is 25.0. The summed E-state index contributed by atoms with van der Waals surface area (Å²) in [6.07, 6.45) is 47.7. The molecule has 6 N–H and O–H groups in total. The number of carbonyl (C=O) groups excluding carboxylic acids is 2. The average Bonchev–Trinajstić information content (AvgIpc) is 3.33. The second-order valence-electron chi connectivity index (χ2n) is 19.3. The number of hydrogen-bond acceptors (Lipinski definition) is 10. The van der Waals surface area contributed by atoms with Gasteiger partial charge in [0.05, 0.1) is 32.0 Å². The van der Waals surface area contributed by atoms with Gasteiger partial charge < -0.3 is 45.1 Å². The summed E-state index contributed by atoms with van der Waals surface area (Å²) in [5, 5.41) is 54.2. The van der Waals surface area contributed by atoms with E-state index >= 15 is 0 Å². The smallest absolute Gasteiger partial charge is 0.305 e. The Morgan fingerprint density at radius 3 is 1.50 bits per heavy atom. The highest BCUT2D eigenvalue weighted by Gasteiger charge is 2.44. The first-order chi connectivity index (χ1) is 33.2. The molecule has 7 unspecified atom stereocenters. The van der Waals surface area contributed by atoms with Crippen LogP contribution in [0, 0.1) is 0 Å².